The van der Waals surface area contributed by atoms with E-state index in [-0.39, 0.29) is 12.6 Å². The minimum atomic E-state index is 0.0314. The third kappa shape index (κ3) is 4.61. The van der Waals surface area contributed by atoms with E-state index >= 15 is 0 Å². The maximum Gasteiger partial charge on any atom is 0.123 e. The Morgan fingerprint density at radius 2 is 1.81 bits per heavy atom. The average molecular weight is 430 g/mol. The van der Waals surface area contributed by atoms with Gasteiger partial charge in [0.25, 0.3) is 0 Å². The number of fused-ring (bicyclic) bond motifs is 1. The number of aliphatic hydroxyl groups is 1. The SMILES string of the molecule is OCC(NC1CCC(CCc2c[nH]c3ccc(-n4cnnc4)cc23)CC1)c1ccccc1. The van der Waals surface area contributed by atoms with E-state index in [4.69, 9.17) is 0 Å². The van der Waals surface area contributed by atoms with E-state index in [9.17, 15) is 5.11 Å². The van der Waals surface area contributed by atoms with Crippen LogP contribution in [0.4, 0.5) is 0 Å². The molecule has 5 rings (SSSR count). The summed E-state index contributed by atoms with van der Waals surface area (Å²) >= 11 is 0. The number of benzene rings is 2. The van der Waals surface area contributed by atoms with Gasteiger partial charge in [0.1, 0.15) is 12.7 Å². The molecule has 2 aromatic carbocycles. The van der Waals surface area contributed by atoms with Crippen molar-refractivity contribution >= 4 is 10.9 Å². The summed E-state index contributed by atoms with van der Waals surface area (Å²) in [6.45, 7) is 0.141. The molecule has 4 aromatic rings. The van der Waals surface area contributed by atoms with E-state index in [0.717, 1.165) is 18.0 Å². The lowest BCUT2D eigenvalue weighted by molar-refractivity contribution is 0.205. The number of hydrogen-bond acceptors (Lipinski definition) is 4. The van der Waals surface area contributed by atoms with Crippen molar-refractivity contribution in [2.75, 3.05) is 6.61 Å². The molecule has 32 heavy (non-hydrogen) atoms. The third-order valence-electron chi connectivity index (χ3n) is 6.96. The standard InChI is InChI=1S/C26H31N5O/c32-16-26(20-4-2-1-3-5-20)30-22-10-7-19(8-11-22)6-9-21-15-27-25-13-12-23(14-24(21)25)31-17-28-29-18-31/h1-5,12-15,17-19,22,26-27,30,32H,6-11,16H2. The van der Waals surface area contributed by atoms with Crippen molar-refractivity contribution in [3.8, 4) is 5.69 Å². The molecule has 1 unspecified atom stereocenters. The molecule has 2 aromatic heterocycles. The fourth-order valence-corrected chi connectivity index (χ4v) is 5.07. The molecule has 0 amide bonds. The maximum absolute atomic E-state index is 9.84. The highest BCUT2D eigenvalue weighted by atomic mass is 16.3. The van der Waals surface area contributed by atoms with Crippen molar-refractivity contribution in [3.05, 3.63) is 78.5 Å². The number of aliphatic hydroxyl groups excluding tert-OH is 1. The van der Waals surface area contributed by atoms with Gasteiger partial charge in [0.15, 0.2) is 0 Å². The molecule has 1 aliphatic rings. The average Bonchev–Trinajstić information content (AvgIpc) is 3.52. The fraction of sp³-hybridized carbons (Fsp3) is 0.385. The molecule has 0 radical (unpaired) electrons. The molecule has 3 N–H and O–H groups in total. The predicted molar refractivity (Wildman–Crippen MR) is 127 cm³/mol. The zero-order chi connectivity index (χ0) is 21.8. The lowest BCUT2D eigenvalue weighted by atomic mass is 9.82. The first-order valence-corrected chi connectivity index (χ1v) is 11.7. The quantitative estimate of drug-likeness (QED) is 0.384. The van der Waals surface area contributed by atoms with E-state index in [0.29, 0.717) is 6.04 Å². The first kappa shape index (κ1) is 20.9. The van der Waals surface area contributed by atoms with Crippen LogP contribution in [0.15, 0.2) is 67.4 Å². The van der Waals surface area contributed by atoms with Gasteiger partial charge in [-0.1, -0.05) is 30.3 Å². The lowest BCUT2D eigenvalue weighted by Gasteiger charge is -2.32. The molecule has 1 aliphatic carbocycles. The number of nitrogens with one attached hydrogen (secondary N) is 2. The Balaban J connectivity index is 1.16. The van der Waals surface area contributed by atoms with Crippen LogP contribution in [0.2, 0.25) is 0 Å². The van der Waals surface area contributed by atoms with Crippen LogP contribution in [-0.4, -0.2) is 37.5 Å². The number of aromatic amines is 1. The first-order chi connectivity index (χ1) is 15.8. The van der Waals surface area contributed by atoms with E-state index in [2.05, 4.69) is 57.0 Å². The smallest absolute Gasteiger partial charge is 0.123 e. The summed E-state index contributed by atoms with van der Waals surface area (Å²) in [5, 5.41) is 22.7. The number of aromatic nitrogens is 4. The number of nitrogens with zero attached hydrogens (tertiary/aromatic N) is 3. The Hall–Kier alpha value is -2.96. The fourth-order valence-electron chi connectivity index (χ4n) is 5.07. The summed E-state index contributed by atoms with van der Waals surface area (Å²) in [6, 6.07) is 17.3. The maximum atomic E-state index is 9.84. The first-order valence-electron chi connectivity index (χ1n) is 11.7. The van der Waals surface area contributed by atoms with Crippen molar-refractivity contribution < 1.29 is 5.11 Å². The van der Waals surface area contributed by atoms with E-state index in [1.165, 1.54) is 54.1 Å². The number of H-pyrrole nitrogens is 1. The minimum absolute atomic E-state index is 0.0314. The van der Waals surface area contributed by atoms with Gasteiger partial charge in [-0.2, -0.15) is 0 Å². The van der Waals surface area contributed by atoms with Gasteiger partial charge in [-0.3, -0.25) is 4.57 Å². The molecule has 2 heterocycles. The van der Waals surface area contributed by atoms with E-state index in [1.54, 1.807) is 12.7 Å². The molecular formula is C26H31N5O. The molecular weight excluding hydrogens is 398 g/mol. The van der Waals surface area contributed by atoms with Crippen LogP contribution in [0.5, 0.6) is 0 Å². The molecule has 6 nitrogen and oxygen atoms in total. The van der Waals surface area contributed by atoms with Crippen molar-refractivity contribution in [3.63, 3.8) is 0 Å². The molecule has 166 valence electrons. The summed E-state index contributed by atoms with van der Waals surface area (Å²) in [6.07, 6.45) is 12.8. The second-order valence-corrected chi connectivity index (χ2v) is 8.98. The van der Waals surface area contributed by atoms with Gasteiger partial charge in [-0.15, -0.1) is 10.2 Å². The second-order valence-electron chi connectivity index (χ2n) is 8.98. The van der Waals surface area contributed by atoms with Crippen molar-refractivity contribution in [2.24, 2.45) is 5.92 Å². The Kier molecular flexibility index (Phi) is 6.32. The Morgan fingerprint density at radius 1 is 1.03 bits per heavy atom. The van der Waals surface area contributed by atoms with Crippen LogP contribution >= 0.6 is 0 Å². The number of rotatable bonds is 8. The highest BCUT2D eigenvalue weighted by Crippen LogP contribution is 2.31. The number of aryl methyl sites for hydroxylation is 1. The highest BCUT2D eigenvalue weighted by Gasteiger charge is 2.23. The zero-order valence-electron chi connectivity index (χ0n) is 18.3. The van der Waals surface area contributed by atoms with Gasteiger partial charge in [0, 0.05) is 28.8 Å². The molecule has 6 heteroatoms. The van der Waals surface area contributed by atoms with E-state index < -0.39 is 0 Å². The van der Waals surface area contributed by atoms with Gasteiger partial charge in [-0.25, -0.2) is 0 Å². The van der Waals surface area contributed by atoms with Crippen LogP contribution in [0, 0.1) is 5.92 Å². The topological polar surface area (TPSA) is 78.8 Å². The molecule has 0 bridgehead atoms. The molecule has 1 saturated carbocycles. The van der Waals surface area contributed by atoms with E-state index in [1.807, 2.05) is 22.8 Å². The van der Waals surface area contributed by atoms with Gasteiger partial charge < -0.3 is 15.4 Å². The third-order valence-corrected chi connectivity index (χ3v) is 6.96. The Morgan fingerprint density at radius 3 is 2.56 bits per heavy atom. The van der Waals surface area contributed by atoms with Crippen LogP contribution in [0.25, 0.3) is 16.6 Å². The monoisotopic (exact) mass is 429 g/mol. The van der Waals surface area contributed by atoms with Crippen molar-refractivity contribution in [1.82, 2.24) is 25.1 Å². The number of hydrogen-bond donors (Lipinski definition) is 3. The van der Waals surface area contributed by atoms with Crippen LogP contribution in [-0.2, 0) is 6.42 Å². The van der Waals surface area contributed by atoms with Gasteiger partial charge in [-0.05, 0) is 73.8 Å². The zero-order valence-corrected chi connectivity index (χ0v) is 18.3. The highest BCUT2D eigenvalue weighted by molar-refractivity contribution is 5.85. The lowest BCUT2D eigenvalue weighted by Crippen LogP contribution is -2.37. The van der Waals surface area contributed by atoms with Gasteiger partial charge in [0.2, 0.25) is 0 Å². The Bertz CT molecular complexity index is 1110. The summed E-state index contributed by atoms with van der Waals surface area (Å²) in [7, 11) is 0. The molecule has 0 saturated heterocycles. The normalized spacial score (nSPS) is 19.9. The van der Waals surface area contributed by atoms with Crippen molar-refractivity contribution in [2.45, 2.75) is 50.6 Å². The molecule has 0 aliphatic heterocycles. The Labute approximate surface area is 188 Å². The largest absolute Gasteiger partial charge is 0.394 e. The summed E-state index contributed by atoms with van der Waals surface area (Å²) in [5.41, 5.74) is 4.83. The van der Waals surface area contributed by atoms with Crippen LogP contribution in [0.1, 0.15) is 49.3 Å². The summed E-state index contributed by atoms with van der Waals surface area (Å²) < 4.78 is 1.94. The molecule has 1 atom stereocenters. The second kappa shape index (κ2) is 9.67. The summed E-state index contributed by atoms with van der Waals surface area (Å²) in [5.74, 6) is 0.767. The van der Waals surface area contributed by atoms with Gasteiger partial charge >= 0.3 is 0 Å². The van der Waals surface area contributed by atoms with Gasteiger partial charge in [0.05, 0.1) is 12.6 Å². The van der Waals surface area contributed by atoms with Crippen LogP contribution < -0.4 is 5.32 Å². The molecule has 1 fully saturated rings. The molecule has 0 spiro atoms. The van der Waals surface area contributed by atoms with Crippen molar-refractivity contribution in [1.29, 1.82) is 0 Å². The summed E-state index contributed by atoms with van der Waals surface area (Å²) in [4.78, 5) is 3.42. The van der Waals surface area contributed by atoms with Crippen LogP contribution in [0.3, 0.4) is 0 Å². The minimum Gasteiger partial charge on any atom is -0.394 e. The predicted octanol–water partition coefficient (Wildman–Crippen LogP) is 4.56.